The van der Waals surface area contributed by atoms with E-state index in [0.717, 1.165) is 28.9 Å². The van der Waals surface area contributed by atoms with Gasteiger partial charge >= 0.3 is 43.0 Å². The molecule has 2 atom stereocenters. The highest BCUT2D eigenvalue weighted by Crippen LogP contribution is 2.29. The quantitative estimate of drug-likeness (QED) is 0.0656. The van der Waals surface area contributed by atoms with Gasteiger partial charge in [0.05, 0.1) is 0 Å². The Morgan fingerprint density at radius 3 is 1.02 bits per heavy atom. The molecule has 0 aliphatic rings. The van der Waals surface area contributed by atoms with Crippen LogP contribution in [0, 0.1) is 0 Å². The molecule has 0 aliphatic carbocycles. The molecule has 0 bridgehead atoms. The summed E-state index contributed by atoms with van der Waals surface area (Å²) in [6.45, 7) is 62.3. The monoisotopic (exact) mass is 1040 g/mol. The van der Waals surface area contributed by atoms with E-state index in [4.69, 9.17) is 48.9 Å². The van der Waals surface area contributed by atoms with Crippen molar-refractivity contribution in [2.75, 3.05) is 12.1 Å². The predicted octanol–water partition coefficient (Wildman–Crippen LogP) is 12.5. The van der Waals surface area contributed by atoms with E-state index in [0.29, 0.717) is 5.88 Å². The van der Waals surface area contributed by atoms with E-state index in [1.165, 1.54) is 0 Å². The number of alkyl halides is 1. The summed E-state index contributed by atoms with van der Waals surface area (Å²) >= 11 is 5.82. The molecule has 58 heavy (non-hydrogen) atoms. The van der Waals surface area contributed by atoms with Gasteiger partial charge in [0.2, 0.25) is 8.32 Å². The molecule has 0 aromatic heterocycles. The van der Waals surface area contributed by atoms with Crippen molar-refractivity contribution in [1.82, 2.24) is 0 Å². The fourth-order valence-corrected chi connectivity index (χ4v) is 51.7. The third kappa shape index (κ3) is 36.9. The zero-order chi connectivity index (χ0) is 45.5. The Morgan fingerprint density at radius 1 is 0.431 bits per heavy atom. The van der Waals surface area contributed by atoms with Crippen LogP contribution in [0.2, 0.25) is 150 Å². The molecule has 9 nitrogen and oxygen atoms in total. The molecule has 0 saturated carbocycles. The van der Waals surface area contributed by atoms with Gasteiger partial charge in [0.15, 0.2) is 41.6 Å². The van der Waals surface area contributed by atoms with Crippen LogP contribution >= 0.6 is 11.6 Å². The molecule has 350 valence electrons. The molecule has 0 amide bonds. The second-order valence-electron chi connectivity index (χ2n) is 19.7. The van der Waals surface area contributed by atoms with Crippen LogP contribution in [0.1, 0.15) is 21.3 Å². The van der Waals surface area contributed by atoms with Crippen molar-refractivity contribution >= 4 is 115 Å². The summed E-state index contributed by atoms with van der Waals surface area (Å²) < 4.78 is 56.5. The van der Waals surface area contributed by atoms with Gasteiger partial charge in [-0.1, -0.05) is 37.7 Å². The lowest BCUT2D eigenvalue weighted by molar-refractivity contribution is 0.237. The fourth-order valence-electron chi connectivity index (χ4n) is 5.71. The summed E-state index contributed by atoms with van der Waals surface area (Å²) in [5.41, 5.74) is 7.76. The van der Waals surface area contributed by atoms with Gasteiger partial charge in [0.1, 0.15) is 0 Å². The first kappa shape index (κ1) is 68.5. The minimum Gasteiger partial charge on any atom is -0.437 e. The first-order valence-electron chi connectivity index (χ1n) is 19.9. The minimum atomic E-state index is -2.81. The molecule has 0 N–H and O–H groups in total. The van der Waals surface area contributed by atoms with Crippen LogP contribution in [-0.2, 0) is 37.3 Å². The summed E-state index contributed by atoms with van der Waals surface area (Å²) in [5, 5.41) is 0. The maximum absolute atomic E-state index is 6.50. The zero-order valence-corrected chi connectivity index (χ0v) is 54.3. The van der Waals surface area contributed by atoms with Crippen molar-refractivity contribution in [2.24, 2.45) is 0 Å². The number of rotatable bonds is 25. The second kappa shape index (κ2) is 27.1. The maximum Gasteiger partial charge on any atom is 0.468 e. The molecule has 2 unspecified atom stereocenters. The molecular formula is C36H97ClO9Si12. The van der Waals surface area contributed by atoms with E-state index in [9.17, 15) is 0 Å². The van der Waals surface area contributed by atoms with Gasteiger partial charge in [-0.2, -0.15) is 0 Å². The molecule has 22 heteroatoms. The van der Waals surface area contributed by atoms with Crippen LogP contribution in [0.4, 0.5) is 0 Å². The van der Waals surface area contributed by atoms with E-state index in [1.807, 2.05) is 29.3 Å². The summed E-state index contributed by atoms with van der Waals surface area (Å²) in [6.07, 6.45) is 1.80. The average Bonchev–Trinajstić information content (AvgIpc) is 2.91. The van der Waals surface area contributed by atoms with Crippen molar-refractivity contribution in [3.8, 4) is 0 Å². The van der Waals surface area contributed by atoms with Crippen molar-refractivity contribution in [3.63, 3.8) is 0 Å². The van der Waals surface area contributed by atoms with Gasteiger partial charge in [-0.15, -0.1) is 37.9 Å². The summed E-state index contributed by atoms with van der Waals surface area (Å²) in [7, 11) is -21.2. The van der Waals surface area contributed by atoms with Crippen LogP contribution in [0.3, 0.4) is 0 Å². The van der Waals surface area contributed by atoms with E-state index in [-0.39, 0.29) is 14.9 Å². The summed E-state index contributed by atoms with van der Waals surface area (Å²) in [6, 6.07) is 0.960. The van der Waals surface area contributed by atoms with Crippen molar-refractivity contribution in [3.05, 3.63) is 49.1 Å². The Hall–Kier alpha value is 1.49. The van der Waals surface area contributed by atoms with Crippen LogP contribution in [-0.4, -0.2) is 115 Å². The SMILES string of the molecule is C.C.C=C[Si](C)(C)O[Si](C)(C)O[Si](C)(C)C=C.C=C[Si](C)(C)O[Si](C)(C)O[Si](C)(O[Si](C)(C)C)O[Si](C)(C)C=C.C[Si](C)(C)O[Si](C)(CCCCl)O[Si](C)(C)OC[SiH3]. The zero-order valence-electron chi connectivity index (χ0n) is 40.5. The van der Waals surface area contributed by atoms with Crippen LogP contribution in [0.25, 0.3) is 0 Å². The lowest BCUT2D eigenvalue weighted by atomic mass is 10.6. The fraction of sp³-hybridized carbons (Fsp3) is 0.778. The largest absolute Gasteiger partial charge is 0.468 e. The third-order valence-electron chi connectivity index (χ3n) is 7.10. The molecule has 0 fully saturated rings. The first-order valence-corrected chi connectivity index (χ1v) is 53.8. The van der Waals surface area contributed by atoms with Gasteiger partial charge in [0, 0.05) is 28.9 Å². The summed E-state index contributed by atoms with van der Waals surface area (Å²) in [5.74, 6) is 0.671. The molecule has 0 saturated heterocycles. The van der Waals surface area contributed by atoms with Crippen molar-refractivity contribution < 1.29 is 37.3 Å². The molecule has 0 aromatic rings. The molecule has 0 aromatic carbocycles. The lowest BCUT2D eigenvalue weighted by Crippen LogP contribution is -2.61. The Balaban J connectivity index is -0.000000244. The summed E-state index contributed by atoms with van der Waals surface area (Å²) in [4.78, 5) is 0. The minimum absolute atomic E-state index is 0. The highest BCUT2D eigenvalue weighted by atomic mass is 35.5. The highest BCUT2D eigenvalue weighted by molar-refractivity contribution is 6.93. The van der Waals surface area contributed by atoms with Crippen LogP contribution in [0.5, 0.6) is 0 Å². The van der Waals surface area contributed by atoms with Gasteiger partial charge in [-0.3, -0.25) is 0 Å². The number of hydrogen-bond donors (Lipinski definition) is 0. The smallest absolute Gasteiger partial charge is 0.437 e. The van der Waals surface area contributed by atoms with Gasteiger partial charge in [-0.25, -0.2) is 0 Å². The molecule has 0 aliphatic heterocycles. The molecule has 0 spiro atoms. The van der Waals surface area contributed by atoms with E-state index >= 15 is 0 Å². The Morgan fingerprint density at radius 2 is 0.741 bits per heavy atom. The Labute approximate surface area is 382 Å². The Bertz CT molecular complexity index is 1190. The number of hydrogen-bond acceptors (Lipinski definition) is 9. The average molecular weight is 1050 g/mol. The van der Waals surface area contributed by atoms with Crippen molar-refractivity contribution in [2.45, 2.75) is 171 Å². The van der Waals surface area contributed by atoms with Crippen LogP contribution < -0.4 is 0 Å². The van der Waals surface area contributed by atoms with Gasteiger partial charge < -0.3 is 37.3 Å². The lowest BCUT2D eigenvalue weighted by Gasteiger charge is -2.42. The molecule has 0 radical (unpaired) electrons. The van der Waals surface area contributed by atoms with Gasteiger partial charge in [-0.05, 0) is 150 Å². The molecule has 0 rings (SSSR count). The molecular weight excluding hydrogens is 949 g/mol. The van der Waals surface area contributed by atoms with Crippen LogP contribution in [0.15, 0.2) is 49.1 Å². The normalized spacial score (nSPS) is 15.4. The third-order valence-corrected chi connectivity index (χ3v) is 45.5. The topological polar surface area (TPSA) is 83.1 Å². The van der Waals surface area contributed by atoms with E-state index in [1.54, 1.807) is 0 Å². The highest BCUT2D eigenvalue weighted by Gasteiger charge is 2.49. The van der Waals surface area contributed by atoms with Crippen molar-refractivity contribution in [1.29, 1.82) is 0 Å². The predicted molar refractivity (Wildman–Crippen MR) is 291 cm³/mol. The second-order valence-corrected chi connectivity index (χ2v) is 63.3. The molecule has 0 heterocycles. The van der Waals surface area contributed by atoms with E-state index in [2.05, 4.69) is 164 Å². The number of halogens is 1. The standard InChI is InChI=1S/C14H36O4Si5.C10H29ClO3Si4.C10H24O2Si3.2CH4/c1-13-20(6,7)16-22(10,11)18-23(12,15-19(3,4)5)17-21(8,9)14-2;1-16(2,3)13-18(6,9-7-8-11)14-17(4,5)12-10-15;1-9-13(3,4)11-15(7,8)12-14(5,6)10-2;;/h13-14H,1-2H2,3-12H3;7-10H2,1-6,15H3;9-10H,1-2H2,3-8H3;2*1H4. The first-order chi connectivity index (χ1) is 24.5. The van der Waals surface area contributed by atoms with E-state index < -0.39 is 93.0 Å². The van der Waals surface area contributed by atoms with Gasteiger partial charge in [0.25, 0.3) is 0 Å². The maximum atomic E-state index is 6.50. The Kier molecular flexibility index (Phi) is 32.0.